The topological polar surface area (TPSA) is 101 Å². The van der Waals surface area contributed by atoms with E-state index < -0.39 is 11.6 Å². The lowest BCUT2D eigenvalue weighted by Gasteiger charge is -2.26. The minimum Gasteiger partial charge on any atom is -0.477 e. The molecule has 1 fully saturated rings. The van der Waals surface area contributed by atoms with E-state index in [1.54, 1.807) is 24.3 Å². The van der Waals surface area contributed by atoms with Crippen LogP contribution in [0.4, 0.5) is 0 Å². The van der Waals surface area contributed by atoms with E-state index >= 15 is 0 Å². The van der Waals surface area contributed by atoms with Crippen LogP contribution in [-0.4, -0.2) is 32.2 Å². The van der Waals surface area contributed by atoms with Crippen molar-refractivity contribution in [3.05, 3.63) is 60.1 Å². The summed E-state index contributed by atoms with van der Waals surface area (Å²) < 4.78 is 1.52. The van der Waals surface area contributed by atoms with E-state index in [4.69, 9.17) is 5.73 Å². The Bertz CT molecular complexity index is 1070. The quantitative estimate of drug-likeness (QED) is 0.422. The van der Waals surface area contributed by atoms with Crippen LogP contribution in [0, 0.1) is 11.8 Å². The average Bonchev–Trinajstić information content (AvgIpc) is 3.05. The molecule has 0 unspecified atom stereocenters. The molecule has 1 heterocycles. The monoisotopic (exact) mass is 391 g/mol. The van der Waals surface area contributed by atoms with E-state index in [1.165, 1.54) is 4.57 Å². The zero-order chi connectivity index (χ0) is 21.0. The average molecular weight is 391 g/mol. The summed E-state index contributed by atoms with van der Waals surface area (Å²) in [4.78, 5) is 16.0. The van der Waals surface area contributed by atoms with Crippen LogP contribution >= 0.6 is 0 Å². The fourth-order valence-electron chi connectivity index (χ4n) is 3.59. The van der Waals surface area contributed by atoms with Crippen LogP contribution in [-0.2, 0) is 0 Å². The minimum absolute atomic E-state index is 0.0640. The first-order valence-corrected chi connectivity index (χ1v) is 9.63. The molecule has 4 N–H and O–H groups in total. The van der Waals surface area contributed by atoms with E-state index in [2.05, 4.69) is 23.4 Å². The van der Waals surface area contributed by atoms with Crippen molar-refractivity contribution in [2.45, 2.75) is 44.6 Å². The van der Waals surface area contributed by atoms with Crippen molar-refractivity contribution in [2.75, 3.05) is 0 Å². The Morgan fingerprint density at radius 2 is 2.03 bits per heavy atom. The molecule has 0 amide bonds. The van der Waals surface area contributed by atoms with Crippen LogP contribution in [0.1, 0.15) is 55.1 Å². The lowest BCUT2D eigenvalue weighted by atomic mass is 9.85. The smallest absolute Gasteiger partial charge is 0.352 e. The summed E-state index contributed by atoms with van der Waals surface area (Å²) in [6, 6.07) is 7.03. The molecular formula is C23H25N3O3. The Kier molecular flexibility index (Phi) is 5.90. The van der Waals surface area contributed by atoms with E-state index in [-0.39, 0.29) is 11.5 Å². The van der Waals surface area contributed by atoms with E-state index in [1.807, 2.05) is 19.1 Å². The van der Waals surface area contributed by atoms with Crippen molar-refractivity contribution < 1.29 is 15.0 Å². The van der Waals surface area contributed by atoms with Gasteiger partial charge in [-0.25, -0.2) is 9.79 Å². The third kappa shape index (κ3) is 4.58. The van der Waals surface area contributed by atoms with Gasteiger partial charge < -0.3 is 15.9 Å². The first-order valence-electron chi connectivity index (χ1n) is 9.63. The summed E-state index contributed by atoms with van der Waals surface area (Å²) >= 11 is 0. The number of rotatable bonds is 3. The first kappa shape index (κ1) is 20.4. The van der Waals surface area contributed by atoms with Gasteiger partial charge in [0.1, 0.15) is 23.0 Å². The summed E-state index contributed by atoms with van der Waals surface area (Å²) in [5, 5.41) is 21.0. The maximum atomic E-state index is 11.8. The zero-order valence-corrected chi connectivity index (χ0v) is 16.5. The second-order valence-corrected chi connectivity index (χ2v) is 7.25. The zero-order valence-electron chi connectivity index (χ0n) is 16.5. The number of carboxylic acid groups (broad SMARTS) is 1. The van der Waals surface area contributed by atoms with Crippen LogP contribution in [0.25, 0.3) is 10.9 Å². The SMILES string of the molecule is C=C(N)/N=C(\C=C/C)n1c(C(=O)O)cc2ccc(C#CC3(O)CCCCC3)cc21. The van der Waals surface area contributed by atoms with E-state index in [9.17, 15) is 15.0 Å². The Morgan fingerprint density at radius 3 is 2.66 bits per heavy atom. The Hall–Kier alpha value is -3.30. The summed E-state index contributed by atoms with van der Waals surface area (Å²) in [5.41, 5.74) is 6.10. The third-order valence-corrected chi connectivity index (χ3v) is 4.95. The first-order chi connectivity index (χ1) is 13.8. The van der Waals surface area contributed by atoms with Crippen LogP contribution in [0.5, 0.6) is 0 Å². The molecule has 3 rings (SSSR count). The molecule has 0 radical (unpaired) electrons. The highest BCUT2D eigenvalue weighted by Gasteiger charge is 2.26. The van der Waals surface area contributed by atoms with Gasteiger partial charge in [0.15, 0.2) is 0 Å². The van der Waals surface area contributed by atoms with Crippen LogP contribution in [0.2, 0.25) is 0 Å². The Balaban J connectivity index is 2.15. The largest absolute Gasteiger partial charge is 0.477 e. The second-order valence-electron chi connectivity index (χ2n) is 7.25. The number of nitrogens with zero attached hydrogens (tertiary/aromatic N) is 2. The van der Waals surface area contributed by atoms with Crippen molar-refractivity contribution in [1.82, 2.24) is 4.57 Å². The highest BCUT2D eigenvalue weighted by Crippen LogP contribution is 2.28. The standard InChI is InChI=1S/C23H25N3O3/c1-3-7-21(25-16(2)24)26-19-14-17(8-9-18(19)15-20(26)22(27)28)10-13-23(29)11-5-4-6-12-23/h3,7-9,14-15,29H,2,4-6,11-12,24H2,1H3,(H,27,28)/b7-3-,25-21+. The number of benzene rings is 1. The summed E-state index contributed by atoms with van der Waals surface area (Å²) in [6.07, 6.45) is 7.86. The molecule has 1 aromatic heterocycles. The molecule has 2 aromatic rings. The number of carbonyl (C=O) groups is 1. The van der Waals surface area contributed by atoms with Gasteiger partial charge in [0.05, 0.1) is 5.52 Å². The fraction of sp³-hybridized carbons (Fsp3) is 0.304. The van der Waals surface area contributed by atoms with Gasteiger partial charge in [-0.1, -0.05) is 37.0 Å². The molecule has 29 heavy (non-hydrogen) atoms. The lowest BCUT2D eigenvalue weighted by molar-refractivity contribution is 0.0609. The second kappa shape index (κ2) is 8.38. The number of hydrogen-bond acceptors (Lipinski definition) is 4. The number of aliphatic imine (C=N–C) groups is 1. The molecule has 0 spiro atoms. The van der Waals surface area contributed by atoms with E-state index in [0.29, 0.717) is 29.8 Å². The molecule has 0 saturated heterocycles. The number of allylic oxidation sites excluding steroid dienone is 2. The predicted molar refractivity (Wildman–Crippen MR) is 115 cm³/mol. The Labute approximate surface area is 170 Å². The molecule has 1 aromatic carbocycles. The van der Waals surface area contributed by atoms with E-state index in [0.717, 1.165) is 24.6 Å². The van der Waals surface area contributed by atoms with Crippen LogP contribution in [0.3, 0.4) is 0 Å². The highest BCUT2D eigenvalue weighted by atomic mass is 16.4. The molecule has 6 nitrogen and oxygen atoms in total. The minimum atomic E-state index is -1.08. The fourth-order valence-corrected chi connectivity index (χ4v) is 3.59. The van der Waals surface area contributed by atoms with Gasteiger partial charge in [-0.05, 0) is 56.9 Å². The Morgan fingerprint density at radius 1 is 1.31 bits per heavy atom. The third-order valence-electron chi connectivity index (χ3n) is 4.95. The molecule has 6 heteroatoms. The maximum absolute atomic E-state index is 11.8. The highest BCUT2D eigenvalue weighted by molar-refractivity contribution is 6.08. The van der Waals surface area contributed by atoms with Gasteiger partial charge in [0, 0.05) is 10.9 Å². The van der Waals surface area contributed by atoms with Crippen LogP contribution in [0.15, 0.2) is 53.8 Å². The molecule has 0 bridgehead atoms. The number of nitrogens with two attached hydrogens (primary N) is 1. The van der Waals surface area contributed by atoms with Crippen LogP contribution < -0.4 is 5.73 Å². The van der Waals surface area contributed by atoms with Gasteiger partial charge in [-0.3, -0.25) is 4.57 Å². The normalized spacial score (nSPS) is 16.6. The molecule has 0 aliphatic heterocycles. The van der Waals surface area contributed by atoms with Gasteiger partial charge >= 0.3 is 5.97 Å². The van der Waals surface area contributed by atoms with Gasteiger partial charge in [0.2, 0.25) is 0 Å². The van der Waals surface area contributed by atoms with Crippen molar-refractivity contribution in [2.24, 2.45) is 10.7 Å². The number of aliphatic hydroxyl groups is 1. The van der Waals surface area contributed by atoms with Crippen molar-refractivity contribution in [3.63, 3.8) is 0 Å². The molecule has 1 aliphatic rings. The van der Waals surface area contributed by atoms with Gasteiger partial charge in [-0.2, -0.15) is 0 Å². The number of hydrogen-bond donors (Lipinski definition) is 3. The molecule has 150 valence electrons. The molecular weight excluding hydrogens is 366 g/mol. The number of aromatic nitrogens is 1. The number of aromatic carboxylic acids is 1. The predicted octanol–water partition coefficient (Wildman–Crippen LogP) is 3.64. The maximum Gasteiger partial charge on any atom is 0.352 e. The van der Waals surface area contributed by atoms with Gasteiger partial charge in [0.25, 0.3) is 0 Å². The van der Waals surface area contributed by atoms with Crippen molar-refractivity contribution in [1.29, 1.82) is 0 Å². The lowest BCUT2D eigenvalue weighted by Crippen LogP contribution is -2.29. The number of fused-ring (bicyclic) bond motifs is 1. The molecule has 1 aliphatic carbocycles. The number of carboxylic acids is 1. The molecule has 1 saturated carbocycles. The summed E-state index contributed by atoms with van der Waals surface area (Å²) in [7, 11) is 0. The van der Waals surface area contributed by atoms with Crippen molar-refractivity contribution >= 4 is 22.7 Å². The van der Waals surface area contributed by atoms with Gasteiger partial charge in [-0.15, -0.1) is 0 Å². The summed E-state index contributed by atoms with van der Waals surface area (Å²) in [5.74, 6) is 5.43. The van der Waals surface area contributed by atoms with Crippen molar-refractivity contribution in [3.8, 4) is 11.8 Å². The molecule has 0 atom stereocenters. The summed E-state index contributed by atoms with van der Waals surface area (Å²) in [6.45, 7) is 5.40.